The van der Waals surface area contributed by atoms with Gasteiger partial charge in [-0.05, 0) is 24.3 Å². The molecule has 0 fully saturated rings. The second-order valence-electron chi connectivity index (χ2n) is 4.32. The Hall–Kier alpha value is -2.64. The first-order valence-corrected chi connectivity index (χ1v) is 6.29. The van der Waals surface area contributed by atoms with Gasteiger partial charge < -0.3 is 19.8 Å². The van der Waals surface area contributed by atoms with Crippen LogP contribution < -0.4 is 15.4 Å². The lowest BCUT2D eigenvalue weighted by atomic mass is 10.3. The van der Waals surface area contributed by atoms with Crippen LogP contribution in [0.3, 0.4) is 0 Å². The fourth-order valence-electron chi connectivity index (χ4n) is 1.58. The molecule has 118 valence electrons. The Balaban J connectivity index is 1.85. The summed E-state index contributed by atoms with van der Waals surface area (Å²) in [5.41, 5.74) is 0.316. The molecule has 2 amide bonds. The van der Waals surface area contributed by atoms with E-state index in [0.717, 1.165) is 0 Å². The quantitative estimate of drug-likeness (QED) is 0.887. The molecule has 0 aliphatic carbocycles. The number of rotatable bonds is 5. The Bertz CT molecular complexity index is 612. The number of carbonyl (C=O) groups excluding carboxylic acids is 1. The monoisotopic (exact) mass is 314 g/mol. The number of amides is 2. The summed E-state index contributed by atoms with van der Waals surface area (Å²) in [4.78, 5) is 11.7. The molecule has 0 radical (unpaired) electrons. The molecule has 2 rings (SSSR count). The molecule has 1 heterocycles. The number of hydrogen-bond donors (Lipinski definition) is 2. The third-order valence-electron chi connectivity index (χ3n) is 2.50. The summed E-state index contributed by atoms with van der Waals surface area (Å²) >= 11 is 0. The predicted molar refractivity (Wildman–Crippen MR) is 72.6 cm³/mol. The molecule has 2 N–H and O–H groups in total. The number of urea groups is 1. The third kappa shape index (κ3) is 5.39. The largest absolute Gasteiger partial charge is 0.484 e. The van der Waals surface area contributed by atoms with Crippen LogP contribution in [0, 0.1) is 0 Å². The van der Waals surface area contributed by atoms with Crippen LogP contribution in [0.4, 0.5) is 23.7 Å². The van der Waals surface area contributed by atoms with Crippen molar-refractivity contribution in [2.45, 2.75) is 12.7 Å². The SMILES string of the molecule is O=C(NCc1ccco1)Nc1cccc(OCC(F)(F)F)c1. The summed E-state index contributed by atoms with van der Waals surface area (Å²) < 4.78 is 45.9. The van der Waals surface area contributed by atoms with Crippen LogP contribution in [0.5, 0.6) is 5.75 Å². The van der Waals surface area contributed by atoms with E-state index < -0.39 is 18.8 Å². The van der Waals surface area contributed by atoms with Gasteiger partial charge in [-0.1, -0.05) is 6.07 Å². The van der Waals surface area contributed by atoms with E-state index in [1.807, 2.05) is 0 Å². The first kappa shape index (κ1) is 15.7. The molecule has 0 spiro atoms. The van der Waals surface area contributed by atoms with Gasteiger partial charge in [0.15, 0.2) is 6.61 Å². The van der Waals surface area contributed by atoms with Crippen molar-refractivity contribution in [2.75, 3.05) is 11.9 Å². The van der Waals surface area contributed by atoms with E-state index in [0.29, 0.717) is 11.4 Å². The van der Waals surface area contributed by atoms with Crippen molar-refractivity contribution < 1.29 is 27.1 Å². The summed E-state index contributed by atoms with van der Waals surface area (Å²) in [5.74, 6) is 0.596. The van der Waals surface area contributed by atoms with E-state index in [9.17, 15) is 18.0 Å². The average molecular weight is 314 g/mol. The van der Waals surface area contributed by atoms with Crippen LogP contribution in [0.25, 0.3) is 0 Å². The van der Waals surface area contributed by atoms with Gasteiger partial charge in [0.25, 0.3) is 0 Å². The third-order valence-corrected chi connectivity index (χ3v) is 2.50. The van der Waals surface area contributed by atoms with Crippen LogP contribution in [0.1, 0.15) is 5.76 Å². The average Bonchev–Trinajstić information content (AvgIpc) is 2.96. The molecular formula is C14H13F3N2O3. The maximum absolute atomic E-state index is 12.1. The van der Waals surface area contributed by atoms with Crippen LogP contribution in [0.2, 0.25) is 0 Å². The number of anilines is 1. The normalized spacial score (nSPS) is 11.0. The number of hydrogen-bond acceptors (Lipinski definition) is 3. The highest BCUT2D eigenvalue weighted by Crippen LogP contribution is 2.21. The van der Waals surface area contributed by atoms with Crippen molar-refractivity contribution in [2.24, 2.45) is 0 Å². The van der Waals surface area contributed by atoms with E-state index in [4.69, 9.17) is 4.42 Å². The lowest BCUT2D eigenvalue weighted by molar-refractivity contribution is -0.153. The molecule has 8 heteroatoms. The van der Waals surface area contributed by atoms with Crippen LogP contribution >= 0.6 is 0 Å². The topological polar surface area (TPSA) is 63.5 Å². The molecule has 1 aromatic heterocycles. The summed E-state index contributed by atoms with van der Waals surface area (Å²) in [6, 6.07) is 8.57. The molecule has 0 aliphatic rings. The van der Waals surface area contributed by atoms with Gasteiger partial charge in [0, 0.05) is 11.8 Å². The van der Waals surface area contributed by atoms with Crippen molar-refractivity contribution in [1.82, 2.24) is 5.32 Å². The second kappa shape index (κ2) is 6.88. The molecule has 0 saturated carbocycles. The van der Waals surface area contributed by atoms with Crippen molar-refractivity contribution in [3.63, 3.8) is 0 Å². The standard InChI is InChI=1S/C14H13F3N2O3/c15-14(16,17)9-22-11-4-1-3-10(7-11)19-13(20)18-8-12-5-2-6-21-12/h1-7H,8-9H2,(H2,18,19,20). The van der Waals surface area contributed by atoms with Gasteiger partial charge in [0.1, 0.15) is 11.5 Å². The summed E-state index contributed by atoms with van der Waals surface area (Å²) in [7, 11) is 0. The van der Waals surface area contributed by atoms with Gasteiger partial charge in [-0.25, -0.2) is 4.79 Å². The Morgan fingerprint density at radius 3 is 2.73 bits per heavy atom. The zero-order valence-electron chi connectivity index (χ0n) is 11.3. The first-order chi connectivity index (χ1) is 10.4. The van der Waals surface area contributed by atoms with E-state index in [1.54, 1.807) is 12.1 Å². The minimum absolute atomic E-state index is 0.0150. The van der Waals surface area contributed by atoms with Gasteiger partial charge in [-0.3, -0.25) is 0 Å². The fourth-order valence-corrected chi connectivity index (χ4v) is 1.58. The highest BCUT2D eigenvalue weighted by Gasteiger charge is 2.28. The summed E-state index contributed by atoms with van der Waals surface area (Å²) in [5, 5.41) is 5.03. The van der Waals surface area contributed by atoms with Gasteiger partial charge in [-0.15, -0.1) is 0 Å². The summed E-state index contributed by atoms with van der Waals surface area (Å²) in [6.45, 7) is -1.19. The highest BCUT2D eigenvalue weighted by molar-refractivity contribution is 5.89. The van der Waals surface area contributed by atoms with Crippen molar-refractivity contribution in [3.8, 4) is 5.75 Å². The van der Waals surface area contributed by atoms with Crippen LogP contribution in [-0.2, 0) is 6.54 Å². The Morgan fingerprint density at radius 2 is 2.05 bits per heavy atom. The molecule has 0 atom stereocenters. The van der Waals surface area contributed by atoms with Gasteiger partial charge in [-0.2, -0.15) is 13.2 Å². The van der Waals surface area contributed by atoms with E-state index >= 15 is 0 Å². The van der Waals surface area contributed by atoms with Crippen molar-refractivity contribution >= 4 is 11.7 Å². The number of ether oxygens (including phenoxy) is 1. The molecule has 2 aromatic rings. The Morgan fingerprint density at radius 1 is 1.23 bits per heavy atom. The van der Waals surface area contributed by atoms with Gasteiger partial charge in [0.2, 0.25) is 0 Å². The molecule has 0 aliphatic heterocycles. The lowest BCUT2D eigenvalue weighted by Gasteiger charge is -2.11. The maximum Gasteiger partial charge on any atom is 0.422 e. The zero-order valence-corrected chi connectivity index (χ0v) is 11.3. The zero-order chi connectivity index (χ0) is 16.0. The second-order valence-corrected chi connectivity index (χ2v) is 4.32. The number of nitrogens with one attached hydrogen (secondary N) is 2. The summed E-state index contributed by atoms with van der Waals surface area (Å²) in [6.07, 6.45) is -2.93. The van der Waals surface area contributed by atoms with Crippen LogP contribution in [-0.4, -0.2) is 18.8 Å². The molecule has 0 bridgehead atoms. The van der Waals surface area contributed by atoms with E-state index in [-0.39, 0.29) is 12.3 Å². The smallest absolute Gasteiger partial charge is 0.422 e. The molecule has 1 aromatic carbocycles. The minimum Gasteiger partial charge on any atom is -0.484 e. The van der Waals surface area contributed by atoms with E-state index in [2.05, 4.69) is 15.4 Å². The van der Waals surface area contributed by atoms with Gasteiger partial charge >= 0.3 is 12.2 Å². The van der Waals surface area contributed by atoms with Gasteiger partial charge in [0.05, 0.1) is 12.8 Å². The lowest BCUT2D eigenvalue weighted by Crippen LogP contribution is -2.28. The fraction of sp³-hybridized carbons (Fsp3) is 0.214. The minimum atomic E-state index is -4.41. The van der Waals surface area contributed by atoms with Crippen molar-refractivity contribution in [1.29, 1.82) is 0 Å². The van der Waals surface area contributed by atoms with E-state index in [1.165, 1.54) is 30.5 Å². The molecule has 22 heavy (non-hydrogen) atoms. The predicted octanol–water partition coefficient (Wildman–Crippen LogP) is 3.54. The number of furan rings is 1. The Kier molecular flexibility index (Phi) is 4.92. The number of benzene rings is 1. The number of carbonyl (C=O) groups is 1. The van der Waals surface area contributed by atoms with Crippen molar-refractivity contribution in [3.05, 3.63) is 48.4 Å². The molecule has 5 nitrogen and oxygen atoms in total. The highest BCUT2D eigenvalue weighted by atomic mass is 19.4. The number of halogens is 3. The molecular weight excluding hydrogens is 301 g/mol. The first-order valence-electron chi connectivity index (χ1n) is 6.29. The molecule has 0 saturated heterocycles. The van der Waals surface area contributed by atoms with Crippen LogP contribution in [0.15, 0.2) is 47.1 Å². The molecule has 0 unspecified atom stereocenters. The maximum atomic E-state index is 12.1. The number of alkyl halides is 3. The Labute approximate surface area is 124 Å².